The van der Waals surface area contributed by atoms with Crippen molar-refractivity contribution in [2.45, 2.75) is 25.8 Å². The Labute approximate surface area is 116 Å². The standard InChI is InChI=1S/C13H18N4O3/c1-20-10-4-3-9(7-15-10)8-16-12(18)13(5-2-6-13)11(14)17-19/h3-4,7,19H,2,5-6,8H2,1H3,(H2,14,17)(H,16,18). The van der Waals surface area contributed by atoms with E-state index in [-0.39, 0.29) is 11.7 Å². The van der Waals surface area contributed by atoms with E-state index >= 15 is 0 Å². The Morgan fingerprint density at radius 3 is 2.80 bits per heavy atom. The summed E-state index contributed by atoms with van der Waals surface area (Å²) in [6, 6.07) is 3.55. The lowest BCUT2D eigenvalue weighted by Gasteiger charge is -2.38. The van der Waals surface area contributed by atoms with Gasteiger partial charge in [-0.05, 0) is 18.4 Å². The zero-order valence-corrected chi connectivity index (χ0v) is 11.3. The normalized spacial score (nSPS) is 17.1. The monoisotopic (exact) mass is 278 g/mol. The molecule has 1 aromatic rings. The molecule has 7 nitrogen and oxygen atoms in total. The fraction of sp³-hybridized carbons (Fsp3) is 0.462. The van der Waals surface area contributed by atoms with Gasteiger partial charge in [-0.3, -0.25) is 4.79 Å². The molecule has 0 saturated heterocycles. The van der Waals surface area contributed by atoms with Crippen LogP contribution >= 0.6 is 0 Å². The molecule has 0 radical (unpaired) electrons. The van der Waals surface area contributed by atoms with E-state index in [2.05, 4.69) is 15.5 Å². The van der Waals surface area contributed by atoms with Crippen LogP contribution in [0.5, 0.6) is 5.88 Å². The van der Waals surface area contributed by atoms with E-state index in [1.165, 1.54) is 0 Å². The number of nitrogens with one attached hydrogen (secondary N) is 1. The highest BCUT2D eigenvalue weighted by Gasteiger charge is 2.48. The first-order valence-electron chi connectivity index (χ1n) is 6.37. The van der Waals surface area contributed by atoms with Crippen LogP contribution in [-0.2, 0) is 11.3 Å². The summed E-state index contributed by atoms with van der Waals surface area (Å²) >= 11 is 0. The number of rotatable bonds is 5. The van der Waals surface area contributed by atoms with Crippen LogP contribution in [0.2, 0.25) is 0 Å². The molecule has 0 bridgehead atoms. The fourth-order valence-electron chi connectivity index (χ4n) is 2.21. The van der Waals surface area contributed by atoms with Gasteiger partial charge in [0.15, 0.2) is 5.84 Å². The van der Waals surface area contributed by atoms with Gasteiger partial charge in [0.1, 0.15) is 5.41 Å². The molecule has 20 heavy (non-hydrogen) atoms. The topological polar surface area (TPSA) is 110 Å². The van der Waals surface area contributed by atoms with Crippen LogP contribution in [0.25, 0.3) is 0 Å². The molecule has 0 aromatic carbocycles. The summed E-state index contributed by atoms with van der Waals surface area (Å²) < 4.78 is 4.96. The minimum Gasteiger partial charge on any atom is -0.481 e. The summed E-state index contributed by atoms with van der Waals surface area (Å²) in [7, 11) is 1.54. The van der Waals surface area contributed by atoms with Gasteiger partial charge in [0, 0.05) is 18.8 Å². The molecule has 1 fully saturated rings. The first kappa shape index (κ1) is 14.1. The second kappa shape index (κ2) is 5.77. The van der Waals surface area contributed by atoms with Gasteiger partial charge in [0.25, 0.3) is 0 Å². The van der Waals surface area contributed by atoms with Crippen molar-refractivity contribution in [1.82, 2.24) is 10.3 Å². The second-order valence-corrected chi connectivity index (χ2v) is 4.81. The van der Waals surface area contributed by atoms with Crippen LogP contribution in [0, 0.1) is 5.41 Å². The van der Waals surface area contributed by atoms with Gasteiger partial charge in [0.05, 0.1) is 7.11 Å². The Morgan fingerprint density at radius 1 is 1.60 bits per heavy atom. The van der Waals surface area contributed by atoms with E-state index in [0.29, 0.717) is 25.3 Å². The maximum Gasteiger partial charge on any atom is 0.234 e. The maximum absolute atomic E-state index is 12.2. The average Bonchev–Trinajstić information content (AvgIpc) is 2.44. The lowest BCUT2D eigenvalue weighted by Crippen LogP contribution is -2.53. The summed E-state index contributed by atoms with van der Waals surface area (Å²) in [4.78, 5) is 16.3. The Hall–Kier alpha value is -2.31. The number of amides is 1. The Morgan fingerprint density at radius 2 is 2.35 bits per heavy atom. The molecule has 2 rings (SSSR count). The molecule has 0 spiro atoms. The van der Waals surface area contributed by atoms with E-state index in [0.717, 1.165) is 12.0 Å². The predicted octanol–water partition coefficient (Wildman–Crippen LogP) is 0.623. The Bertz CT molecular complexity index is 509. The Balaban J connectivity index is 1.97. The van der Waals surface area contributed by atoms with Crippen LogP contribution in [0.15, 0.2) is 23.5 Å². The van der Waals surface area contributed by atoms with E-state index in [1.54, 1.807) is 19.4 Å². The first-order valence-corrected chi connectivity index (χ1v) is 6.37. The number of hydrogen-bond donors (Lipinski definition) is 3. The highest BCUT2D eigenvalue weighted by molar-refractivity contribution is 6.07. The van der Waals surface area contributed by atoms with Crippen LogP contribution < -0.4 is 15.8 Å². The molecule has 108 valence electrons. The summed E-state index contributed by atoms with van der Waals surface area (Å²) in [6.07, 6.45) is 3.74. The smallest absolute Gasteiger partial charge is 0.234 e. The van der Waals surface area contributed by atoms with Crippen LogP contribution in [-0.4, -0.2) is 29.0 Å². The molecule has 7 heteroatoms. The number of methoxy groups -OCH3 is 1. The van der Waals surface area contributed by atoms with Gasteiger partial charge in [-0.2, -0.15) is 0 Å². The van der Waals surface area contributed by atoms with Gasteiger partial charge in [-0.15, -0.1) is 0 Å². The number of carbonyl (C=O) groups is 1. The van der Waals surface area contributed by atoms with Gasteiger partial charge in [0.2, 0.25) is 11.8 Å². The van der Waals surface area contributed by atoms with Gasteiger partial charge < -0.3 is 21.0 Å². The lowest BCUT2D eigenvalue weighted by molar-refractivity contribution is -0.131. The molecule has 1 saturated carbocycles. The van der Waals surface area contributed by atoms with Crippen molar-refractivity contribution in [1.29, 1.82) is 0 Å². The van der Waals surface area contributed by atoms with Crippen molar-refractivity contribution in [3.8, 4) is 5.88 Å². The van der Waals surface area contributed by atoms with Crippen LogP contribution in [0.3, 0.4) is 0 Å². The van der Waals surface area contributed by atoms with Crippen molar-refractivity contribution >= 4 is 11.7 Å². The minimum atomic E-state index is -0.853. The number of ether oxygens (including phenoxy) is 1. The third-order valence-corrected chi connectivity index (χ3v) is 3.70. The molecule has 1 amide bonds. The quantitative estimate of drug-likeness (QED) is 0.316. The summed E-state index contributed by atoms with van der Waals surface area (Å²) in [6.45, 7) is 0.344. The molecule has 0 unspecified atom stereocenters. The number of amidine groups is 1. The lowest BCUT2D eigenvalue weighted by atomic mass is 9.67. The van der Waals surface area contributed by atoms with Crippen molar-refractivity contribution in [3.05, 3.63) is 23.9 Å². The fourth-order valence-corrected chi connectivity index (χ4v) is 2.21. The largest absolute Gasteiger partial charge is 0.481 e. The Kier molecular flexibility index (Phi) is 4.07. The van der Waals surface area contributed by atoms with E-state index < -0.39 is 5.41 Å². The summed E-state index contributed by atoms with van der Waals surface area (Å²) in [5, 5.41) is 14.6. The molecule has 1 heterocycles. The average molecular weight is 278 g/mol. The SMILES string of the molecule is COc1ccc(CNC(=O)C2(/C(N)=N/O)CCC2)cn1. The van der Waals surface area contributed by atoms with Gasteiger partial charge in [-0.25, -0.2) is 4.98 Å². The highest BCUT2D eigenvalue weighted by atomic mass is 16.5. The van der Waals surface area contributed by atoms with Crippen LogP contribution in [0.4, 0.5) is 0 Å². The van der Waals surface area contributed by atoms with Crippen molar-refractivity contribution in [2.24, 2.45) is 16.3 Å². The minimum absolute atomic E-state index is 0.0193. The molecule has 0 aliphatic heterocycles. The predicted molar refractivity (Wildman–Crippen MR) is 72.3 cm³/mol. The summed E-state index contributed by atoms with van der Waals surface area (Å²) in [5.41, 5.74) is 5.63. The zero-order chi connectivity index (χ0) is 14.6. The van der Waals surface area contributed by atoms with Gasteiger partial charge >= 0.3 is 0 Å². The van der Waals surface area contributed by atoms with Crippen LogP contribution in [0.1, 0.15) is 24.8 Å². The van der Waals surface area contributed by atoms with Crippen molar-refractivity contribution < 1.29 is 14.7 Å². The number of nitrogens with zero attached hydrogens (tertiary/aromatic N) is 2. The first-order chi connectivity index (χ1) is 9.62. The van der Waals surface area contributed by atoms with E-state index in [4.69, 9.17) is 15.7 Å². The molecule has 1 aliphatic carbocycles. The summed E-state index contributed by atoms with van der Waals surface area (Å²) in [5.74, 6) is 0.288. The van der Waals surface area contributed by atoms with E-state index in [1.807, 2.05) is 6.07 Å². The zero-order valence-electron chi connectivity index (χ0n) is 11.3. The second-order valence-electron chi connectivity index (χ2n) is 4.81. The molecule has 1 aliphatic rings. The van der Waals surface area contributed by atoms with Crippen molar-refractivity contribution in [2.75, 3.05) is 7.11 Å². The molecular formula is C13H18N4O3. The molecule has 1 aromatic heterocycles. The molecule has 0 atom stereocenters. The maximum atomic E-state index is 12.2. The van der Waals surface area contributed by atoms with Crippen molar-refractivity contribution in [3.63, 3.8) is 0 Å². The number of nitrogens with two attached hydrogens (primary N) is 1. The molecular weight excluding hydrogens is 260 g/mol. The number of carbonyl (C=O) groups excluding carboxylic acids is 1. The number of hydrogen-bond acceptors (Lipinski definition) is 5. The number of oxime groups is 1. The number of aromatic nitrogens is 1. The third kappa shape index (κ3) is 2.52. The van der Waals surface area contributed by atoms with Gasteiger partial charge in [-0.1, -0.05) is 17.6 Å². The van der Waals surface area contributed by atoms with E-state index in [9.17, 15) is 4.79 Å². The number of pyridine rings is 1. The highest BCUT2D eigenvalue weighted by Crippen LogP contribution is 2.41. The molecule has 4 N–H and O–H groups in total. The third-order valence-electron chi connectivity index (χ3n) is 3.70.